The summed E-state index contributed by atoms with van der Waals surface area (Å²) in [5, 5.41) is 7.22. The lowest BCUT2D eigenvalue weighted by molar-refractivity contribution is 0.0526. The highest BCUT2D eigenvalue weighted by Gasteiger charge is 2.06. The predicted molar refractivity (Wildman–Crippen MR) is 98.4 cm³/mol. The Bertz CT molecular complexity index is 717. The molecule has 0 heterocycles. The van der Waals surface area contributed by atoms with Crippen molar-refractivity contribution in [3.05, 3.63) is 58.6 Å². The molecule has 0 unspecified atom stereocenters. The summed E-state index contributed by atoms with van der Waals surface area (Å²) in [6.45, 7) is 4.06. The van der Waals surface area contributed by atoms with Crippen LogP contribution in [0, 0.1) is 6.92 Å². The van der Waals surface area contributed by atoms with Gasteiger partial charge in [-0.2, -0.15) is 0 Å². The Morgan fingerprint density at radius 3 is 2.35 bits per heavy atom. The Morgan fingerprint density at radius 1 is 1.13 bits per heavy atom. The van der Waals surface area contributed by atoms with Gasteiger partial charge < -0.3 is 15.4 Å². The van der Waals surface area contributed by atoms with Crippen LogP contribution in [-0.4, -0.2) is 17.7 Å². The Labute approximate surface area is 145 Å². The van der Waals surface area contributed by atoms with Crippen molar-refractivity contribution in [1.82, 2.24) is 0 Å². The SMILES string of the molecule is CCOC(=O)c1ccc(NC(=S)Nc2ccc(C)c(Cl)c2)cc1. The first-order valence-corrected chi connectivity index (χ1v) is 7.89. The van der Waals surface area contributed by atoms with Gasteiger partial charge >= 0.3 is 5.97 Å². The average Bonchev–Trinajstić information content (AvgIpc) is 2.52. The lowest BCUT2D eigenvalue weighted by atomic mass is 10.2. The molecule has 6 heteroatoms. The van der Waals surface area contributed by atoms with E-state index in [2.05, 4.69) is 10.6 Å². The van der Waals surface area contributed by atoms with Gasteiger partial charge in [-0.25, -0.2) is 4.79 Å². The molecule has 2 N–H and O–H groups in total. The molecule has 0 saturated heterocycles. The van der Waals surface area contributed by atoms with E-state index in [4.69, 9.17) is 28.6 Å². The van der Waals surface area contributed by atoms with Crippen LogP contribution in [0.15, 0.2) is 42.5 Å². The summed E-state index contributed by atoms with van der Waals surface area (Å²) in [6, 6.07) is 12.5. The molecule has 0 amide bonds. The van der Waals surface area contributed by atoms with E-state index in [0.29, 0.717) is 22.3 Å². The number of anilines is 2. The van der Waals surface area contributed by atoms with Crippen LogP contribution in [0.2, 0.25) is 5.02 Å². The zero-order valence-corrected chi connectivity index (χ0v) is 14.4. The number of ether oxygens (including phenoxy) is 1. The summed E-state index contributed by atoms with van der Waals surface area (Å²) in [4.78, 5) is 11.6. The molecule has 0 radical (unpaired) electrons. The highest BCUT2D eigenvalue weighted by atomic mass is 35.5. The third-order valence-corrected chi connectivity index (χ3v) is 3.69. The van der Waals surface area contributed by atoms with E-state index in [-0.39, 0.29) is 5.97 Å². The summed E-state index contributed by atoms with van der Waals surface area (Å²) in [5.74, 6) is -0.339. The maximum absolute atomic E-state index is 11.6. The number of hydrogen-bond donors (Lipinski definition) is 2. The maximum Gasteiger partial charge on any atom is 0.338 e. The minimum Gasteiger partial charge on any atom is -0.462 e. The van der Waals surface area contributed by atoms with Crippen LogP contribution in [-0.2, 0) is 4.74 Å². The van der Waals surface area contributed by atoms with Crippen LogP contribution in [0.25, 0.3) is 0 Å². The second kappa shape index (κ2) is 7.94. The fourth-order valence-corrected chi connectivity index (χ4v) is 2.28. The van der Waals surface area contributed by atoms with Gasteiger partial charge in [-0.3, -0.25) is 0 Å². The summed E-state index contributed by atoms with van der Waals surface area (Å²) in [7, 11) is 0. The molecule has 0 atom stereocenters. The number of rotatable bonds is 4. The molecule has 120 valence electrons. The van der Waals surface area contributed by atoms with E-state index < -0.39 is 0 Å². The summed E-state index contributed by atoms with van der Waals surface area (Å²) < 4.78 is 4.94. The van der Waals surface area contributed by atoms with Crippen LogP contribution in [0.1, 0.15) is 22.8 Å². The molecule has 2 aromatic rings. The molecule has 2 rings (SSSR count). The van der Waals surface area contributed by atoms with E-state index in [1.165, 1.54) is 0 Å². The highest BCUT2D eigenvalue weighted by Crippen LogP contribution is 2.20. The molecule has 0 saturated carbocycles. The molecule has 0 aliphatic carbocycles. The first kappa shape index (κ1) is 17.2. The fraction of sp³-hybridized carbons (Fsp3) is 0.176. The van der Waals surface area contributed by atoms with E-state index in [1.807, 2.05) is 25.1 Å². The van der Waals surface area contributed by atoms with Crippen molar-refractivity contribution in [3.63, 3.8) is 0 Å². The Hall–Kier alpha value is -2.11. The van der Waals surface area contributed by atoms with E-state index >= 15 is 0 Å². The second-order valence-electron chi connectivity index (χ2n) is 4.84. The van der Waals surface area contributed by atoms with Crippen molar-refractivity contribution in [2.75, 3.05) is 17.2 Å². The summed E-state index contributed by atoms with van der Waals surface area (Å²) in [5.41, 5.74) is 3.09. The first-order chi connectivity index (χ1) is 11.0. The van der Waals surface area contributed by atoms with Crippen molar-refractivity contribution in [2.45, 2.75) is 13.8 Å². The molecule has 0 fully saturated rings. The molecule has 0 bridgehead atoms. The van der Waals surface area contributed by atoms with Crippen molar-refractivity contribution in [1.29, 1.82) is 0 Å². The molecular weight excluding hydrogens is 332 g/mol. The van der Waals surface area contributed by atoms with E-state index in [1.54, 1.807) is 31.2 Å². The molecule has 23 heavy (non-hydrogen) atoms. The maximum atomic E-state index is 11.6. The fourth-order valence-electron chi connectivity index (χ4n) is 1.87. The Kier molecular flexibility index (Phi) is 5.96. The Balaban J connectivity index is 1.97. The first-order valence-electron chi connectivity index (χ1n) is 7.11. The Morgan fingerprint density at radius 2 is 1.74 bits per heavy atom. The largest absolute Gasteiger partial charge is 0.462 e. The third kappa shape index (κ3) is 4.94. The smallest absolute Gasteiger partial charge is 0.338 e. The zero-order valence-electron chi connectivity index (χ0n) is 12.9. The van der Waals surface area contributed by atoms with Gasteiger partial charge in [-0.05, 0) is 68.0 Å². The number of nitrogens with one attached hydrogen (secondary N) is 2. The lowest BCUT2D eigenvalue weighted by Crippen LogP contribution is -2.19. The molecule has 0 aromatic heterocycles. The molecule has 0 aliphatic rings. The highest BCUT2D eigenvalue weighted by molar-refractivity contribution is 7.80. The van der Waals surface area contributed by atoms with Crippen LogP contribution in [0.5, 0.6) is 0 Å². The number of hydrogen-bond acceptors (Lipinski definition) is 3. The van der Waals surface area contributed by atoms with E-state index in [9.17, 15) is 4.79 Å². The van der Waals surface area contributed by atoms with Crippen molar-refractivity contribution >= 4 is 46.3 Å². The number of carbonyl (C=O) groups is 1. The number of carbonyl (C=O) groups excluding carboxylic acids is 1. The van der Waals surface area contributed by atoms with Crippen molar-refractivity contribution < 1.29 is 9.53 Å². The zero-order chi connectivity index (χ0) is 16.8. The standard InChI is InChI=1S/C17H17ClN2O2S/c1-3-22-16(21)12-5-8-13(9-6-12)19-17(23)20-14-7-4-11(2)15(18)10-14/h4-10H,3H2,1-2H3,(H2,19,20,23). The van der Waals surface area contributed by atoms with Gasteiger partial charge in [0.25, 0.3) is 0 Å². The topological polar surface area (TPSA) is 50.4 Å². The molecule has 0 aliphatic heterocycles. The number of benzene rings is 2. The number of thiocarbonyl (C=S) groups is 1. The van der Waals surface area contributed by atoms with Gasteiger partial charge in [0.15, 0.2) is 5.11 Å². The lowest BCUT2D eigenvalue weighted by Gasteiger charge is -2.11. The molecule has 4 nitrogen and oxygen atoms in total. The molecular formula is C17H17ClN2O2S. The van der Waals surface area contributed by atoms with Crippen LogP contribution in [0.4, 0.5) is 11.4 Å². The van der Waals surface area contributed by atoms with Crippen molar-refractivity contribution in [3.8, 4) is 0 Å². The summed E-state index contributed by atoms with van der Waals surface area (Å²) >= 11 is 11.3. The average molecular weight is 349 g/mol. The number of esters is 1. The van der Waals surface area contributed by atoms with Gasteiger partial charge in [0.05, 0.1) is 12.2 Å². The van der Waals surface area contributed by atoms with Gasteiger partial charge in [0.2, 0.25) is 0 Å². The van der Waals surface area contributed by atoms with E-state index in [0.717, 1.165) is 16.9 Å². The normalized spacial score (nSPS) is 10.0. The molecule has 2 aromatic carbocycles. The number of aryl methyl sites for hydroxylation is 1. The van der Waals surface area contributed by atoms with Crippen LogP contribution in [0.3, 0.4) is 0 Å². The van der Waals surface area contributed by atoms with Gasteiger partial charge in [0, 0.05) is 16.4 Å². The van der Waals surface area contributed by atoms with Gasteiger partial charge in [-0.1, -0.05) is 17.7 Å². The summed E-state index contributed by atoms with van der Waals surface area (Å²) in [6.07, 6.45) is 0. The minimum atomic E-state index is -0.339. The minimum absolute atomic E-state index is 0.339. The van der Waals surface area contributed by atoms with Crippen molar-refractivity contribution in [2.24, 2.45) is 0 Å². The third-order valence-electron chi connectivity index (χ3n) is 3.08. The quantitative estimate of drug-likeness (QED) is 0.623. The number of halogens is 1. The monoisotopic (exact) mass is 348 g/mol. The van der Waals surface area contributed by atoms with Gasteiger partial charge in [0.1, 0.15) is 0 Å². The van der Waals surface area contributed by atoms with Gasteiger partial charge in [-0.15, -0.1) is 0 Å². The molecule has 0 spiro atoms. The van der Waals surface area contributed by atoms with Crippen LogP contribution >= 0.6 is 23.8 Å². The predicted octanol–water partition coefficient (Wildman–Crippen LogP) is 4.63. The second-order valence-corrected chi connectivity index (χ2v) is 5.66. The van der Waals surface area contributed by atoms with Crippen LogP contribution < -0.4 is 10.6 Å².